The molecule has 8 heteroatoms. The highest BCUT2D eigenvalue weighted by molar-refractivity contribution is 6.31. The molecular weight excluding hydrogens is 360 g/mol. The zero-order valence-corrected chi connectivity index (χ0v) is 14.7. The van der Waals surface area contributed by atoms with Gasteiger partial charge in [0.15, 0.2) is 0 Å². The Hall–Kier alpha value is -2.93. The lowest BCUT2D eigenvalue weighted by Crippen LogP contribution is -2.31. The fraction of sp³-hybridized carbons (Fsp3) is 0.222. The number of halogens is 1. The van der Waals surface area contributed by atoms with Crippen molar-refractivity contribution in [1.82, 2.24) is 5.32 Å². The second-order valence-corrected chi connectivity index (χ2v) is 5.77. The summed E-state index contributed by atoms with van der Waals surface area (Å²) < 4.78 is 4.95. The van der Waals surface area contributed by atoms with E-state index in [4.69, 9.17) is 16.3 Å². The van der Waals surface area contributed by atoms with E-state index in [0.29, 0.717) is 10.6 Å². The van der Waals surface area contributed by atoms with Gasteiger partial charge in [0.05, 0.1) is 24.0 Å². The number of amides is 1. The Morgan fingerprint density at radius 1 is 1.23 bits per heavy atom. The Labute approximate surface area is 155 Å². The highest BCUT2D eigenvalue weighted by Crippen LogP contribution is 2.26. The fourth-order valence-corrected chi connectivity index (χ4v) is 2.65. The molecule has 1 amide bonds. The van der Waals surface area contributed by atoms with Gasteiger partial charge in [-0.15, -0.1) is 0 Å². The molecule has 136 valence electrons. The molecule has 0 aliphatic rings. The Kier molecular flexibility index (Phi) is 6.68. The van der Waals surface area contributed by atoms with E-state index < -0.39 is 22.8 Å². The predicted octanol–water partition coefficient (Wildman–Crippen LogP) is 3.67. The van der Waals surface area contributed by atoms with Crippen LogP contribution in [0.5, 0.6) is 0 Å². The molecule has 0 fully saturated rings. The van der Waals surface area contributed by atoms with Crippen LogP contribution in [0.4, 0.5) is 5.69 Å². The number of nitro groups is 1. The van der Waals surface area contributed by atoms with Crippen molar-refractivity contribution in [2.45, 2.75) is 19.4 Å². The maximum Gasteiger partial charge on any atom is 0.308 e. The van der Waals surface area contributed by atoms with Gasteiger partial charge in [-0.05, 0) is 24.6 Å². The van der Waals surface area contributed by atoms with Gasteiger partial charge in [0.2, 0.25) is 0 Å². The van der Waals surface area contributed by atoms with Crippen LogP contribution in [0.3, 0.4) is 0 Å². The van der Waals surface area contributed by atoms with Crippen molar-refractivity contribution >= 4 is 29.2 Å². The number of carbonyl (C=O) groups excluding carboxylic acids is 2. The van der Waals surface area contributed by atoms with E-state index in [9.17, 15) is 19.7 Å². The molecule has 0 spiro atoms. The quantitative estimate of drug-likeness (QED) is 0.451. The molecule has 0 aliphatic carbocycles. The van der Waals surface area contributed by atoms with Crippen molar-refractivity contribution in [3.05, 3.63) is 74.8 Å². The molecule has 1 N–H and O–H groups in total. The van der Waals surface area contributed by atoms with E-state index in [0.717, 1.165) is 0 Å². The first-order valence-corrected chi connectivity index (χ1v) is 8.25. The van der Waals surface area contributed by atoms with Crippen LogP contribution in [0.2, 0.25) is 5.02 Å². The number of rotatable bonds is 7. The van der Waals surface area contributed by atoms with Crippen LogP contribution in [0.25, 0.3) is 0 Å². The first-order valence-electron chi connectivity index (χ1n) is 7.87. The molecule has 0 heterocycles. The molecule has 0 saturated heterocycles. The number of hydrogen-bond donors (Lipinski definition) is 1. The number of nitrogens with zero attached hydrogens (tertiary/aromatic N) is 1. The van der Waals surface area contributed by atoms with Gasteiger partial charge in [-0.2, -0.15) is 0 Å². The molecule has 0 radical (unpaired) electrons. The summed E-state index contributed by atoms with van der Waals surface area (Å²) in [5.74, 6) is -1.04. The third-order valence-corrected chi connectivity index (χ3v) is 3.93. The molecule has 2 rings (SSSR count). The topological polar surface area (TPSA) is 98.5 Å². The summed E-state index contributed by atoms with van der Waals surface area (Å²) in [5, 5.41) is 14.0. The molecule has 0 aromatic heterocycles. The molecule has 2 aromatic rings. The SMILES string of the molecule is CCOC(=O)C[C@@H](NC(=O)c1cccc([N+](=O)[O-])c1)c1ccccc1Cl. The van der Waals surface area contributed by atoms with Crippen molar-refractivity contribution in [3.8, 4) is 0 Å². The van der Waals surface area contributed by atoms with Crippen LogP contribution in [-0.2, 0) is 9.53 Å². The highest BCUT2D eigenvalue weighted by atomic mass is 35.5. The molecule has 26 heavy (non-hydrogen) atoms. The maximum absolute atomic E-state index is 12.5. The van der Waals surface area contributed by atoms with Crippen molar-refractivity contribution in [3.63, 3.8) is 0 Å². The summed E-state index contributed by atoms with van der Waals surface area (Å²) in [6, 6.07) is 11.4. The Balaban J connectivity index is 2.27. The lowest BCUT2D eigenvalue weighted by atomic mass is 10.0. The highest BCUT2D eigenvalue weighted by Gasteiger charge is 2.22. The summed E-state index contributed by atoms with van der Waals surface area (Å²) in [6.45, 7) is 1.90. The van der Waals surface area contributed by atoms with Crippen LogP contribution < -0.4 is 5.32 Å². The zero-order valence-electron chi connectivity index (χ0n) is 14.0. The average molecular weight is 377 g/mol. The third kappa shape index (κ3) is 5.03. The summed E-state index contributed by atoms with van der Waals surface area (Å²) in [7, 11) is 0. The van der Waals surface area contributed by atoms with E-state index in [2.05, 4.69) is 5.32 Å². The standard InChI is InChI=1S/C18H17ClN2O5/c1-2-26-17(22)11-16(14-8-3-4-9-15(14)19)20-18(23)12-6-5-7-13(10-12)21(24)25/h3-10,16H,2,11H2,1H3,(H,20,23)/t16-/m1/s1. The fourth-order valence-electron chi connectivity index (χ4n) is 2.39. The van der Waals surface area contributed by atoms with Crippen molar-refractivity contribution in [2.24, 2.45) is 0 Å². The number of esters is 1. The van der Waals surface area contributed by atoms with Crippen molar-refractivity contribution < 1.29 is 19.2 Å². The van der Waals surface area contributed by atoms with Crippen LogP contribution in [0.15, 0.2) is 48.5 Å². The smallest absolute Gasteiger partial charge is 0.308 e. The molecule has 0 bridgehead atoms. The van der Waals surface area contributed by atoms with E-state index in [1.165, 1.54) is 24.3 Å². The maximum atomic E-state index is 12.5. The summed E-state index contributed by atoms with van der Waals surface area (Å²) >= 11 is 6.18. The van der Waals surface area contributed by atoms with Gasteiger partial charge in [-0.3, -0.25) is 19.7 Å². The average Bonchev–Trinajstić information content (AvgIpc) is 2.62. The minimum Gasteiger partial charge on any atom is -0.466 e. The van der Waals surface area contributed by atoms with Crippen LogP contribution >= 0.6 is 11.6 Å². The van der Waals surface area contributed by atoms with Crippen LogP contribution in [0, 0.1) is 10.1 Å². The van der Waals surface area contributed by atoms with Gasteiger partial charge in [0, 0.05) is 22.7 Å². The van der Waals surface area contributed by atoms with Gasteiger partial charge in [0.1, 0.15) is 0 Å². The number of hydrogen-bond acceptors (Lipinski definition) is 5. The lowest BCUT2D eigenvalue weighted by molar-refractivity contribution is -0.384. The molecule has 0 unspecified atom stereocenters. The third-order valence-electron chi connectivity index (χ3n) is 3.58. The number of ether oxygens (including phenoxy) is 1. The van der Waals surface area contributed by atoms with E-state index in [1.807, 2.05) is 0 Å². The van der Waals surface area contributed by atoms with E-state index in [1.54, 1.807) is 31.2 Å². The molecular formula is C18H17ClN2O5. The lowest BCUT2D eigenvalue weighted by Gasteiger charge is -2.19. The van der Waals surface area contributed by atoms with Crippen LogP contribution in [0.1, 0.15) is 35.3 Å². The Bertz CT molecular complexity index is 825. The second kappa shape index (κ2) is 8.96. The minimum atomic E-state index is -0.727. The van der Waals surface area contributed by atoms with Gasteiger partial charge in [-0.25, -0.2) is 0 Å². The minimum absolute atomic E-state index is 0.111. The van der Waals surface area contributed by atoms with Gasteiger partial charge < -0.3 is 10.1 Å². The first-order chi connectivity index (χ1) is 12.4. The zero-order chi connectivity index (χ0) is 19.1. The largest absolute Gasteiger partial charge is 0.466 e. The van der Waals surface area contributed by atoms with E-state index in [-0.39, 0.29) is 24.3 Å². The predicted molar refractivity (Wildman–Crippen MR) is 96.0 cm³/mol. The number of nitro benzene ring substituents is 1. The van der Waals surface area contributed by atoms with Crippen LogP contribution in [-0.4, -0.2) is 23.4 Å². The van der Waals surface area contributed by atoms with Gasteiger partial charge >= 0.3 is 5.97 Å². The molecule has 1 atom stereocenters. The second-order valence-electron chi connectivity index (χ2n) is 5.36. The number of benzene rings is 2. The Morgan fingerprint density at radius 2 is 1.96 bits per heavy atom. The normalized spacial score (nSPS) is 11.5. The summed E-state index contributed by atoms with van der Waals surface area (Å²) in [5.41, 5.74) is 0.471. The van der Waals surface area contributed by atoms with E-state index >= 15 is 0 Å². The van der Waals surface area contributed by atoms with Crippen molar-refractivity contribution in [1.29, 1.82) is 0 Å². The van der Waals surface area contributed by atoms with Gasteiger partial charge in [-0.1, -0.05) is 35.9 Å². The summed E-state index contributed by atoms with van der Waals surface area (Å²) in [4.78, 5) is 34.7. The molecule has 2 aromatic carbocycles. The number of carbonyl (C=O) groups is 2. The van der Waals surface area contributed by atoms with Crippen molar-refractivity contribution in [2.75, 3.05) is 6.61 Å². The molecule has 0 aliphatic heterocycles. The molecule has 0 saturated carbocycles. The monoisotopic (exact) mass is 376 g/mol. The van der Waals surface area contributed by atoms with Gasteiger partial charge in [0.25, 0.3) is 11.6 Å². The Morgan fingerprint density at radius 3 is 2.62 bits per heavy atom. The number of nitrogens with one attached hydrogen (secondary N) is 1. The number of non-ortho nitro benzene ring substituents is 1. The summed E-state index contributed by atoms with van der Waals surface area (Å²) in [6.07, 6.45) is -0.113. The first kappa shape index (κ1) is 19.4. The molecule has 7 nitrogen and oxygen atoms in total.